The third-order valence-electron chi connectivity index (χ3n) is 5.45. The van der Waals surface area contributed by atoms with Gasteiger partial charge >= 0.3 is 0 Å². The van der Waals surface area contributed by atoms with Crippen LogP contribution in [0.3, 0.4) is 0 Å². The van der Waals surface area contributed by atoms with Crippen molar-refractivity contribution in [1.82, 2.24) is 19.4 Å². The predicted octanol–water partition coefficient (Wildman–Crippen LogP) is 3.31. The summed E-state index contributed by atoms with van der Waals surface area (Å²) in [6.07, 6.45) is 4.74. The number of imidazole rings is 1. The van der Waals surface area contributed by atoms with Gasteiger partial charge in [-0.05, 0) is 42.5 Å². The van der Waals surface area contributed by atoms with Crippen LogP contribution in [0.4, 0.5) is 0 Å². The number of aryl methyl sites for hydroxylation is 1. The fourth-order valence-corrected chi connectivity index (χ4v) is 4.73. The largest absolute Gasteiger partial charge is 0.396 e. The Balaban J connectivity index is 1.44. The molecule has 1 aliphatic rings. The van der Waals surface area contributed by atoms with Gasteiger partial charge in [0.1, 0.15) is 5.82 Å². The number of aliphatic hydroxyl groups is 1. The first-order valence-corrected chi connectivity index (χ1v) is 10.8. The number of thiophene rings is 1. The number of piperazine rings is 1. The lowest BCUT2D eigenvalue weighted by molar-refractivity contribution is 0.0492. The minimum Gasteiger partial charge on any atom is -0.396 e. The van der Waals surface area contributed by atoms with Crippen molar-refractivity contribution in [2.45, 2.75) is 32.5 Å². The van der Waals surface area contributed by atoms with E-state index in [9.17, 15) is 5.11 Å². The number of hydrogen-bond acceptors (Lipinski definition) is 5. The zero-order chi connectivity index (χ0) is 19.3. The van der Waals surface area contributed by atoms with Crippen LogP contribution in [-0.2, 0) is 13.1 Å². The number of nitrogens with zero attached hydrogens (tertiary/aromatic N) is 4. The SMILES string of the molecule is Cc1cccc(-n2ccnc2CN2CCN(Cc3cccs3)C(CCO)C2)c1. The molecule has 148 valence electrons. The molecule has 1 saturated heterocycles. The molecule has 3 heterocycles. The Hall–Kier alpha value is -1.99. The van der Waals surface area contributed by atoms with E-state index in [0.29, 0.717) is 6.04 Å². The lowest BCUT2D eigenvalue weighted by Gasteiger charge is -2.41. The molecule has 28 heavy (non-hydrogen) atoms. The quantitative estimate of drug-likeness (QED) is 0.665. The second kappa shape index (κ2) is 9.01. The molecule has 1 aliphatic heterocycles. The summed E-state index contributed by atoms with van der Waals surface area (Å²) in [6, 6.07) is 13.2. The van der Waals surface area contributed by atoms with Crippen LogP contribution in [0.1, 0.15) is 22.7 Å². The summed E-state index contributed by atoms with van der Waals surface area (Å²) >= 11 is 1.81. The van der Waals surface area contributed by atoms with Crippen LogP contribution in [0.25, 0.3) is 5.69 Å². The molecule has 1 atom stereocenters. The first-order chi connectivity index (χ1) is 13.7. The topological polar surface area (TPSA) is 44.5 Å². The van der Waals surface area contributed by atoms with Gasteiger partial charge in [0.05, 0.1) is 6.54 Å². The summed E-state index contributed by atoms with van der Waals surface area (Å²) in [7, 11) is 0. The molecule has 1 fully saturated rings. The van der Waals surface area contributed by atoms with Gasteiger partial charge in [0.25, 0.3) is 0 Å². The molecule has 1 aromatic carbocycles. The Bertz CT molecular complexity index is 876. The van der Waals surface area contributed by atoms with E-state index in [1.807, 2.05) is 23.7 Å². The Kier molecular flexibility index (Phi) is 6.22. The number of rotatable bonds is 7. The molecule has 0 bridgehead atoms. The molecule has 0 amide bonds. The summed E-state index contributed by atoms with van der Waals surface area (Å²) in [4.78, 5) is 11.0. The van der Waals surface area contributed by atoms with Gasteiger partial charge in [-0.2, -0.15) is 0 Å². The molecule has 3 aromatic rings. The lowest BCUT2D eigenvalue weighted by atomic mass is 10.1. The Morgan fingerprint density at radius 1 is 1.18 bits per heavy atom. The average molecular weight is 397 g/mol. The van der Waals surface area contributed by atoms with E-state index in [1.165, 1.54) is 10.4 Å². The maximum Gasteiger partial charge on any atom is 0.127 e. The van der Waals surface area contributed by atoms with Crippen molar-refractivity contribution in [3.05, 3.63) is 70.4 Å². The third-order valence-corrected chi connectivity index (χ3v) is 6.31. The smallest absolute Gasteiger partial charge is 0.127 e. The fraction of sp³-hybridized carbons (Fsp3) is 0.409. The van der Waals surface area contributed by atoms with Gasteiger partial charge in [-0.25, -0.2) is 4.98 Å². The summed E-state index contributed by atoms with van der Waals surface area (Å²) < 4.78 is 2.19. The molecule has 6 heteroatoms. The van der Waals surface area contributed by atoms with Crippen LogP contribution in [0.2, 0.25) is 0 Å². The number of aromatic nitrogens is 2. The highest BCUT2D eigenvalue weighted by Crippen LogP contribution is 2.21. The first-order valence-electron chi connectivity index (χ1n) is 9.92. The van der Waals surface area contributed by atoms with Crippen LogP contribution in [0.15, 0.2) is 54.2 Å². The molecule has 0 aliphatic carbocycles. The van der Waals surface area contributed by atoms with Crippen molar-refractivity contribution in [1.29, 1.82) is 0 Å². The van der Waals surface area contributed by atoms with Crippen molar-refractivity contribution < 1.29 is 5.11 Å². The van der Waals surface area contributed by atoms with Crippen molar-refractivity contribution >= 4 is 11.3 Å². The van der Waals surface area contributed by atoms with E-state index in [1.54, 1.807) is 0 Å². The standard InChI is InChI=1S/C22H28N4OS/c1-18-4-2-5-19(14-18)26-9-8-23-22(26)17-24-10-11-25(20(15-24)7-12-27)16-21-6-3-13-28-21/h2-6,8-9,13-14,20,27H,7,10-12,15-17H2,1H3. The zero-order valence-electron chi connectivity index (χ0n) is 16.4. The van der Waals surface area contributed by atoms with Gasteiger partial charge in [-0.15, -0.1) is 11.3 Å². The fourth-order valence-electron chi connectivity index (χ4n) is 4.00. The molecule has 5 nitrogen and oxygen atoms in total. The first kappa shape index (κ1) is 19.3. The minimum absolute atomic E-state index is 0.233. The number of aliphatic hydroxyl groups excluding tert-OH is 1. The highest BCUT2D eigenvalue weighted by atomic mass is 32.1. The average Bonchev–Trinajstić information content (AvgIpc) is 3.36. The van der Waals surface area contributed by atoms with Gasteiger partial charge in [0.2, 0.25) is 0 Å². The van der Waals surface area contributed by atoms with Crippen molar-refractivity contribution in [2.75, 3.05) is 26.2 Å². The van der Waals surface area contributed by atoms with E-state index in [0.717, 1.165) is 50.7 Å². The molecule has 0 radical (unpaired) electrons. The van der Waals surface area contributed by atoms with E-state index in [2.05, 4.69) is 68.1 Å². The molecule has 2 aromatic heterocycles. The maximum absolute atomic E-state index is 9.57. The second-order valence-electron chi connectivity index (χ2n) is 7.50. The van der Waals surface area contributed by atoms with Crippen molar-refractivity contribution in [3.63, 3.8) is 0 Å². The van der Waals surface area contributed by atoms with E-state index in [-0.39, 0.29) is 6.61 Å². The molecule has 0 spiro atoms. The Morgan fingerprint density at radius 2 is 2.11 bits per heavy atom. The molecule has 4 rings (SSSR count). The molecule has 0 saturated carbocycles. The van der Waals surface area contributed by atoms with Crippen molar-refractivity contribution in [2.24, 2.45) is 0 Å². The molecular weight excluding hydrogens is 368 g/mol. The van der Waals surface area contributed by atoms with Crippen LogP contribution in [-0.4, -0.2) is 56.7 Å². The van der Waals surface area contributed by atoms with Crippen molar-refractivity contribution in [3.8, 4) is 5.69 Å². The summed E-state index contributed by atoms with van der Waals surface area (Å²) in [5.74, 6) is 1.07. The summed E-state index contributed by atoms with van der Waals surface area (Å²) in [6.45, 7) is 7.17. The van der Waals surface area contributed by atoms with E-state index < -0.39 is 0 Å². The summed E-state index contributed by atoms with van der Waals surface area (Å²) in [5, 5.41) is 11.7. The van der Waals surface area contributed by atoms with Crippen LogP contribution in [0.5, 0.6) is 0 Å². The minimum atomic E-state index is 0.233. The van der Waals surface area contributed by atoms with Crippen LogP contribution in [0, 0.1) is 6.92 Å². The predicted molar refractivity (Wildman–Crippen MR) is 114 cm³/mol. The van der Waals surface area contributed by atoms with Gasteiger partial charge in [-0.3, -0.25) is 9.80 Å². The van der Waals surface area contributed by atoms with Crippen LogP contribution < -0.4 is 0 Å². The van der Waals surface area contributed by atoms with Gasteiger partial charge in [0.15, 0.2) is 0 Å². The Morgan fingerprint density at radius 3 is 2.89 bits per heavy atom. The van der Waals surface area contributed by atoms with Crippen LogP contribution >= 0.6 is 11.3 Å². The highest BCUT2D eigenvalue weighted by molar-refractivity contribution is 7.09. The monoisotopic (exact) mass is 396 g/mol. The van der Waals surface area contributed by atoms with Gasteiger partial charge in [0, 0.05) is 61.8 Å². The lowest BCUT2D eigenvalue weighted by Crippen LogP contribution is -2.52. The Labute approximate surface area is 170 Å². The van der Waals surface area contributed by atoms with Gasteiger partial charge < -0.3 is 9.67 Å². The summed E-state index contributed by atoms with van der Waals surface area (Å²) in [5.41, 5.74) is 2.41. The second-order valence-corrected chi connectivity index (χ2v) is 8.54. The van der Waals surface area contributed by atoms with E-state index in [4.69, 9.17) is 0 Å². The normalized spacial score (nSPS) is 18.6. The van der Waals surface area contributed by atoms with Gasteiger partial charge in [-0.1, -0.05) is 18.2 Å². The number of benzene rings is 1. The third kappa shape index (κ3) is 4.52. The molecular formula is C22H28N4OS. The van der Waals surface area contributed by atoms with E-state index >= 15 is 0 Å². The zero-order valence-corrected chi connectivity index (χ0v) is 17.2. The highest BCUT2D eigenvalue weighted by Gasteiger charge is 2.27. The number of hydrogen-bond donors (Lipinski definition) is 1. The molecule has 1 unspecified atom stereocenters. The molecule has 1 N–H and O–H groups in total. The maximum atomic E-state index is 9.57.